The molecule has 0 atom stereocenters. The molecule has 3 aromatic carbocycles. The number of carbonyl (C=O) groups excluding carboxylic acids is 2. The predicted octanol–water partition coefficient (Wildman–Crippen LogP) is 6.91. The molecule has 0 aromatic heterocycles. The number of hydrogen-bond acceptors (Lipinski definition) is 5. The maximum atomic E-state index is 14.0. The fraction of sp³-hybridized carbons (Fsp3) is 0.120. The number of ether oxygens (including phenoxy) is 2. The lowest BCUT2D eigenvalue weighted by Gasteiger charge is -2.14. The van der Waals surface area contributed by atoms with E-state index >= 15 is 0 Å². The third-order valence-electron chi connectivity index (χ3n) is 5.04. The Kier molecular flexibility index (Phi) is 7.80. The lowest BCUT2D eigenvalue weighted by Crippen LogP contribution is -2.27. The minimum Gasteiger partial charge on any atom is -0.493 e. The number of rotatable bonds is 7. The van der Waals surface area contributed by atoms with Crippen LogP contribution in [0.1, 0.15) is 16.7 Å². The molecule has 1 heterocycles. The molecule has 0 spiro atoms. The van der Waals surface area contributed by atoms with Crippen LogP contribution in [0.5, 0.6) is 11.5 Å². The molecule has 174 valence electrons. The van der Waals surface area contributed by atoms with Crippen LogP contribution in [-0.2, 0) is 17.9 Å². The summed E-state index contributed by atoms with van der Waals surface area (Å²) in [4.78, 5) is 26.6. The molecule has 1 aliphatic rings. The molecular formula is C25H18ClFINO4S. The second-order valence-corrected chi connectivity index (χ2v) is 9.84. The van der Waals surface area contributed by atoms with Gasteiger partial charge in [0.25, 0.3) is 11.1 Å². The summed E-state index contributed by atoms with van der Waals surface area (Å²) in [5.74, 6) is 0.104. The number of benzene rings is 3. The second-order valence-electron chi connectivity index (χ2n) is 7.27. The fourth-order valence-corrected chi connectivity index (χ4v) is 5.12. The normalized spacial score (nSPS) is 14.7. The van der Waals surface area contributed by atoms with Gasteiger partial charge in [-0.2, -0.15) is 0 Å². The topological polar surface area (TPSA) is 55.8 Å². The van der Waals surface area contributed by atoms with Gasteiger partial charge < -0.3 is 9.47 Å². The van der Waals surface area contributed by atoms with Crippen LogP contribution >= 0.6 is 46.0 Å². The van der Waals surface area contributed by atoms with Gasteiger partial charge in [-0.05, 0) is 70.3 Å². The fourth-order valence-electron chi connectivity index (χ4n) is 3.31. The van der Waals surface area contributed by atoms with Gasteiger partial charge in [0, 0.05) is 16.1 Å². The van der Waals surface area contributed by atoms with Crippen molar-refractivity contribution < 1.29 is 23.5 Å². The molecule has 9 heteroatoms. The van der Waals surface area contributed by atoms with E-state index in [1.165, 1.54) is 13.2 Å². The first kappa shape index (κ1) is 24.6. The van der Waals surface area contributed by atoms with Crippen molar-refractivity contribution >= 4 is 63.2 Å². The zero-order chi connectivity index (χ0) is 24.2. The monoisotopic (exact) mass is 609 g/mol. The lowest BCUT2D eigenvalue weighted by molar-refractivity contribution is -0.123. The molecule has 1 fully saturated rings. The molecule has 0 aliphatic carbocycles. The summed E-state index contributed by atoms with van der Waals surface area (Å²) in [6.45, 7) is 0.144. The number of halogens is 3. The zero-order valence-electron chi connectivity index (χ0n) is 17.9. The van der Waals surface area contributed by atoms with Crippen LogP contribution in [0.25, 0.3) is 6.08 Å². The van der Waals surface area contributed by atoms with Crippen LogP contribution in [0.2, 0.25) is 5.02 Å². The minimum atomic E-state index is -0.466. The number of methoxy groups -OCH3 is 1. The molecule has 3 aromatic rings. The van der Waals surface area contributed by atoms with Crippen LogP contribution in [-0.4, -0.2) is 23.2 Å². The minimum absolute atomic E-state index is 0.121. The van der Waals surface area contributed by atoms with E-state index in [1.54, 1.807) is 36.4 Å². The summed E-state index contributed by atoms with van der Waals surface area (Å²) in [5, 5.41) is 0.167. The molecule has 0 radical (unpaired) electrons. The van der Waals surface area contributed by atoms with Gasteiger partial charge in [0.15, 0.2) is 11.5 Å². The highest BCUT2D eigenvalue weighted by atomic mass is 127. The van der Waals surface area contributed by atoms with Gasteiger partial charge in [0.1, 0.15) is 12.4 Å². The van der Waals surface area contributed by atoms with E-state index in [9.17, 15) is 14.0 Å². The summed E-state index contributed by atoms with van der Waals surface area (Å²) >= 11 is 9.16. The van der Waals surface area contributed by atoms with Crippen molar-refractivity contribution in [2.75, 3.05) is 7.11 Å². The summed E-state index contributed by atoms with van der Waals surface area (Å²) < 4.78 is 26.2. The summed E-state index contributed by atoms with van der Waals surface area (Å²) in [5.41, 5.74) is 1.79. The zero-order valence-corrected chi connectivity index (χ0v) is 21.6. The van der Waals surface area contributed by atoms with E-state index in [0.717, 1.165) is 25.8 Å². The maximum absolute atomic E-state index is 14.0. The number of nitrogens with zero attached hydrogens (tertiary/aromatic N) is 1. The largest absolute Gasteiger partial charge is 0.493 e. The molecule has 2 amide bonds. The van der Waals surface area contributed by atoms with Gasteiger partial charge in [0.05, 0.1) is 22.1 Å². The van der Waals surface area contributed by atoms with Crippen molar-refractivity contribution in [2.45, 2.75) is 13.2 Å². The maximum Gasteiger partial charge on any atom is 0.293 e. The molecule has 5 nitrogen and oxygen atoms in total. The Labute approximate surface area is 219 Å². The highest BCUT2D eigenvalue weighted by molar-refractivity contribution is 14.1. The highest BCUT2D eigenvalue weighted by Gasteiger charge is 2.35. The molecule has 1 saturated heterocycles. The van der Waals surface area contributed by atoms with Crippen molar-refractivity contribution in [3.05, 3.63) is 96.7 Å². The van der Waals surface area contributed by atoms with E-state index in [-0.39, 0.29) is 23.6 Å². The Balaban J connectivity index is 1.55. The Morgan fingerprint density at radius 3 is 2.50 bits per heavy atom. The third-order valence-corrected chi connectivity index (χ3v) is 7.12. The van der Waals surface area contributed by atoms with Gasteiger partial charge in [0.2, 0.25) is 0 Å². The van der Waals surface area contributed by atoms with Crippen LogP contribution in [0.3, 0.4) is 0 Å². The van der Waals surface area contributed by atoms with Crippen LogP contribution < -0.4 is 9.47 Å². The van der Waals surface area contributed by atoms with Crippen molar-refractivity contribution in [2.24, 2.45) is 0 Å². The molecule has 4 rings (SSSR count). The molecule has 0 N–H and O–H groups in total. The van der Waals surface area contributed by atoms with Gasteiger partial charge in [-0.3, -0.25) is 14.5 Å². The van der Waals surface area contributed by atoms with E-state index < -0.39 is 17.0 Å². The number of carbonyl (C=O) groups is 2. The van der Waals surface area contributed by atoms with E-state index in [1.807, 2.05) is 24.3 Å². The second kappa shape index (κ2) is 10.8. The van der Waals surface area contributed by atoms with E-state index in [2.05, 4.69) is 22.6 Å². The first-order valence-corrected chi connectivity index (χ1v) is 12.4. The lowest BCUT2D eigenvalue weighted by atomic mass is 10.1. The third kappa shape index (κ3) is 5.39. The Hall–Kier alpha value is -2.56. The van der Waals surface area contributed by atoms with E-state index in [0.29, 0.717) is 22.1 Å². The average Bonchev–Trinajstić information content (AvgIpc) is 3.07. The van der Waals surface area contributed by atoms with Crippen molar-refractivity contribution in [3.8, 4) is 11.5 Å². The standard InChI is InChI=1S/C25H18ClFINO4S/c1-32-21-11-15(10-20(28)23(21)33-14-17-7-2-4-8-18(17)26)12-22-24(30)29(25(31)34-22)13-16-6-3-5-9-19(16)27/h2-12H,13-14H2,1H3/b22-12+. The van der Waals surface area contributed by atoms with Crippen molar-refractivity contribution in [1.29, 1.82) is 0 Å². The molecule has 34 heavy (non-hydrogen) atoms. The summed E-state index contributed by atoms with van der Waals surface area (Å²) in [6, 6.07) is 17.0. The van der Waals surface area contributed by atoms with Crippen molar-refractivity contribution in [3.63, 3.8) is 0 Å². The molecule has 0 bridgehead atoms. The summed E-state index contributed by atoms with van der Waals surface area (Å²) in [7, 11) is 1.53. The molecule has 0 unspecified atom stereocenters. The first-order chi connectivity index (χ1) is 16.4. The highest BCUT2D eigenvalue weighted by Crippen LogP contribution is 2.38. The van der Waals surface area contributed by atoms with Crippen molar-refractivity contribution in [1.82, 2.24) is 4.90 Å². The smallest absolute Gasteiger partial charge is 0.293 e. The van der Waals surface area contributed by atoms with Gasteiger partial charge in [-0.15, -0.1) is 0 Å². The molecular weight excluding hydrogens is 592 g/mol. The number of imide groups is 1. The quantitative estimate of drug-likeness (QED) is 0.215. The Morgan fingerprint density at radius 1 is 1.09 bits per heavy atom. The number of hydrogen-bond donors (Lipinski definition) is 0. The number of amides is 2. The predicted molar refractivity (Wildman–Crippen MR) is 139 cm³/mol. The average molecular weight is 610 g/mol. The number of thioether (sulfide) groups is 1. The van der Waals surface area contributed by atoms with Crippen LogP contribution in [0.15, 0.2) is 65.6 Å². The van der Waals surface area contributed by atoms with E-state index in [4.69, 9.17) is 21.1 Å². The molecule has 1 aliphatic heterocycles. The van der Waals surface area contributed by atoms with Crippen LogP contribution in [0.4, 0.5) is 9.18 Å². The Bertz CT molecular complexity index is 1300. The van der Waals surface area contributed by atoms with Crippen LogP contribution in [0, 0.1) is 9.39 Å². The molecule has 0 saturated carbocycles. The summed E-state index contributed by atoms with van der Waals surface area (Å²) in [6.07, 6.45) is 1.62. The van der Waals surface area contributed by atoms with Gasteiger partial charge in [-0.1, -0.05) is 48.0 Å². The first-order valence-electron chi connectivity index (χ1n) is 10.1. The van der Waals surface area contributed by atoms with Gasteiger partial charge >= 0.3 is 0 Å². The SMILES string of the molecule is COc1cc(/C=C2/SC(=O)N(Cc3ccccc3F)C2=O)cc(I)c1OCc1ccccc1Cl. The van der Waals surface area contributed by atoms with Gasteiger partial charge in [-0.25, -0.2) is 4.39 Å². The Morgan fingerprint density at radius 2 is 1.79 bits per heavy atom.